The molecule has 0 saturated carbocycles. The van der Waals surface area contributed by atoms with Crippen LogP contribution in [0.25, 0.3) is 0 Å². The van der Waals surface area contributed by atoms with Crippen LogP contribution in [0.15, 0.2) is 23.1 Å². The maximum absolute atomic E-state index is 11.4. The van der Waals surface area contributed by atoms with Gasteiger partial charge in [0.2, 0.25) is 0 Å². The number of benzene rings is 1. The number of thioether (sulfide) groups is 1. The quantitative estimate of drug-likeness (QED) is 0.374. The summed E-state index contributed by atoms with van der Waals surface area (Å²) in [6.45, 7) is 2.54. The van der Waals surface area contributed by atoms with Crippen LogP contribution in [-0.2, 0) is 9.53 Å². The number of halogens is 1. The van der Waals surface area contributed by atoms with Crippen LogP contribution in [0.5, 0.6) is 0 Å². The molecular weight excluding hydrogens is 258 g/mol. The predicted molar refractivity (Wildman–Crippen MR) is 72.5 cm³/mol. The van der Waals surface area contributed by atoms with Crippen molar-refractivity contribution in [2.24, 2.45) is 0 Å². The fourth-order valence-electron chi connectivity index (χ4n) is 1.14. The Bertz CT molecular complexity index is 385. The van der Waals surface area contributed by atoms with E-state index in [4.69, 9.17) is 22.1 Å². The van der Waals surface area contributed by atoms with Gasteiger partial charge in [-0.25, -0.2) is 0 Å². The highest BCUT2D eigenvalue weighted by Crippen LogP contribution is 2.28. The molecule has 0 radical (unpaired) electrons. The molecule has 94 valence electrons. The molecule has 0 aliphatic carbocycles. The van der Waals surface area contributed by atoms with Crippen LogP contribution in [0.2, 0.25) is 5.02 Å². The molecule has 0 aliphatic rings. The normalized spacial score (nSPS) is 10.2. The number of hydrogen-bond donors (Lipinski definition) is 1. The van der Waals surface area contributed by atoms with Crippen molar-refractivity contribution in [1.82, 2.24) is 0 Å². The first-order chi connectivity index (χ1) is 8.13. The summed E-state index contributed by atoms with van der Waals surface area (Å²) < 4.78 is 5.04. The number of carbonyl (C=O) groups excluding carboxylic acids is 1. The van der Waals surface area contributed by atoms with Gasteiger partial charge in [0.05, 0.1) is 17.4 Å². The molecule has 1 rings (SSSR count). The van der Waals surface area contributed by atoms with E-state index < -0.39 is 0 Å². The van der Waals surface area contributed by atoms with Crippen LogP contribution in [0.4, 0.5) is 5.69 Å². The van der Waals surface area contributed by atoms with Crippen LogP contribution < -0.4 is 5.73 Å². The number of hydrogen-bond acceptors (Lipinski definition) is 4. The molecule has 0 bridgehead atoms. The second kappa shape index (κ2) is 7.45. The number of carbonyl (C=O) groups is 1. The lowest BCUT2D eigenvalue weighted by Gasteiger charge is -2.06. The zero-order valence-corrected chi connectivity index (χ0v) is 11.3. The lowest BCUT2D eigenvalue weighted by molar-refractivity contribution is -0.140. The highest BCUT2D eigenvalue weighted by molar-refractivity contribution is 8.00. The Hall–Kier alpha value is -0.870. The van der Waals surface area contributed by atoms with E-state index in [1.807, 2.05) is 0 Å². The van der Waals surface area contributed by atoms with Crippen molar-refractivity contribution in [1.29, 1.82) is 0 Å². The summed E-state index contributed by atoms with van der Waals surface area (Å²) in [6.07, 6.45) is 1.91. The summed E-state index contributed by atoms with van der Waals surface area (Å²) in [5.41, 5.74) is 6.28. The molecule has 5 heteroatoms. The van der Waals surface area contributed by atoms with E-state index in [9.17, 15) is 4.79 Å². The van der Waals surface area contributed by atoms with E-state index >= 15 is 0 Å². The van der Waals surface area contributed by atoms with E-state index in [1.54, 1.807) is 18.2 Å². The van der Waals surface area contributed by atoms with E-state index in [0.29, 0.717) is 17.3 Å². The van der Waals surface area contributed by atoms with Crippen LogP contribution in [0.1, 0.15) is 19.8 Å². The van der Waals surface area contributed by atoms with Crippen LogP contribution in [0, 0.1) is 0 Å². The number of nitrogens with two attached hydrogens (primary N) is 1. The third-order valence-electron chi connectivity index (χ3n) is 2.06. The Kier molecular flexibility index (Phi) is 6.22. The van der Waals surface area contributed by atoms with Gasteiger partial charge in [-0.15, -0.1) is 11.8 Å². The average molecular weight is 274 g/mol. The van der Waals surface area contributed by atoms with Crippen LogP contribution in [0.3, 0.4) is 0 Å². The van der Waals surface area contributed by atoms with Gasteiger partial charge < -0.3 is 10.5 Å². The molecule has 1 aromatic carbocycles. The zero-order chi connectivity index (χ0) is 12.7. The summed E-state index contributed by atoms with van der Waals surface area (Å²) in [4.78, 5) is 12.2. The molecule has 2 N–H and O–H groups in total. The second-order valence-electron chi connectivity index (χ2n) is 3.55. The largest absolute Gasteiger partial charge is 0.465 e. The Morgan fingerprint density at radius 3 is 3.00 bits per heavy atom. The molecule has 0 amide bonds. The van der Waals surface area contributed by atoms with Crippen molar-refractivity contribution < 1.29 is 9.53 Å². The van der Waals surface area contributed by atoms with Crippen molar-refractivity contribution in [2.45, 2.75) is 24.7 Å². The summed E-state index contributed by atoms with van der Waals surface area (Å²) in [7, 11) is 0. The molecule has 0 heterocycles. The first-order valence-corrected chi connectivity index (χ1v) is 6.83. The molecule has 1 aromatic rings. The molecule has 0 saturated heterocycles. The molecule has 0 aliphatic heterocycles. The number of nitrogen functional groups attached to an aromatic ring is 1. The van der Waals surface area contributed by atoms with Crippen molar-refractivity contribution >= 4 is 35.0 Å². The number of unbranched alkanes of at least 4 members (excludes halogenated alkanes) is 1. The summed E-state index contributed by atoms with van der Waals surface area (Å²) in [6, 6.07) is 5.21. The third kappa shape index (κ3) is 5.33. The smallest absolute Gasteiger partial charge is 0.316 e. The molecular formula is C12H16ClNO2S. The SMILES string of the molecule is CCCCOC(=O)CSc1cc(N)ccc1Cl. The van der Waals surface area contributed by atoms with E-state index in [0.717, 1.165) is 17.7 Å². The van der Waals surface area contributed by atoms with Gasteiger partial charge in [-0.3, -0.25) is 4.79 Å². The third-order valence-corrected chi connectivity index (χ3v) is 3.53. The van der Waals surface area contributed by atoms with Gasteiger partial charge in [-0.2, -0.15) is 0 Å². The predicted octanol–water partition coefficient (Wildman–Crippen LogP) is 3.36. The Morgan fingerprint density at radius 1 is 1.53 bits per heavy atom. The van der Waals surface area contributed by atoms with Gasteiger partial charge in [-0.1, -0.05) is 24.9 Å². The first kappa shape index (κ1) is 14.2. The molecule has 0 aromatic heterocycles. The van der Waals surface area contributed by atoms with Crippen molar-refractivity contribution in [2.75, 3.05) is 18.1 Å². The Morgan fingerprint density at radius 2 is 2.29 bits per heavy atom. The molecule has 3 nitrogen and oxygen atoms in total. The number of ether oxygens (including phenoxy) is 1. The monoisotopic (exact) mass is 273 g/mol. The maximum Gasteiger partial charge on any atom is 0.316 e. The van der Waals surface area contributed by atoms with Gasteiger partial charge in [0.1, 0.15) is 0 Å². The summed E-state index contributed by atoms with van der Waals surface area (Å²) in [5, 5.41) is 0.602. The van der Waals surface area contributed by atoms with Gasteiger partial charge >= 0.3 is 5.97 Å². The zero-order valence-electron chi connectivity index (χ0n) is 9.74. The maximum atomic E-state index is 11.4. The van der Waals surface area contributed by atoms with Crippen molar-refractivity contribution in [3.05, 3.63) is 23.2 Å². The minimum Gasteiger partial charge on any atom is -0.465 e. The van der Waals surface area contributed by atoms with Crippen LogP contribution >= 0.6 is 23.4 Å². The fourth-order valence-corrected chi connectivity index (χ4v) is 2.20. The van der Waals surface area contributed by atoms with Gasteiger partial charge in [0.15, 0.2) is 0 Å². The lowest BCUT2D eigenvalue weighted by atomic mass is 10.3. The highest BCUT2D eigenvalue weighted by Gasteiger charge is 2.07. The molecule has 17 heavy (non-hydrogen) atoms. The topological polar surface area (TPSA) is 52.3 Å². The van der Waals surface area contributed by atoms with Gasteiger partial charge in [-0.05, 0) is 24.6 Å². The average Bonchev–Trinajstić information content (AvgIpc) is 2.31. The molecule has 0 atom stereocenters. The lowest BCUT2D eigenvalue weighted by Crippen LogP contribution is -2.08. The highest BCUT2D eigenvalue weighted by atomic mass is 35.5. The summed E-state index contributed by atoms with van der Waals surface area (Å²) in [5.74, 6) is 0.0364. The van der Waals surface area contributed by atoms with E-state index in [2.05, 4.69) is 6.92 Å². The number of anilines is 1. The van der Waals surface area contributed by atoms with E-state index in [1.165, 1.54) is 11.8 Å². The fraction of sp³-hybridized carbons (Fsp3) is 0.417. The number of rotatable bonds is 6. The number of esters is 1. The minimum absolute atomic E-state index is 0.220. The Balaban J connectivity index is 2.39. The summed E-state index contributed by atoms with van der Waals surface area (Å²) >= 11 is 7.32. The minimum atomic E-state index is -0.220. The molecule has 0 spiro atoms. The van der Waals surface area contributed by atoms with Crippen LogP contribution in [-0.4, -0.2) is 18.3 Å². The second-order valence-corrected chi connectivity index (χ2v) is 4.98. The van der Waals surface area contributed by atoms with Crippen molar-refractivity contribution in [3.63, 3.8) is 0 Å². The molecule has 0 fully saturated rings. The van der Waals surface area contributed by atoms with Gasteiger partial charge in [0, 0.05) is 10.6 Å². The van der Waals surface area contributed by atoms with Gasteiger partial charge in [0.25, 0.3) is 0 Å². The first-order valence-electron chi connectivity index (χ1n) is 5.47. The standard InChI is InChI=1S/C12H16ClNO2S/c1-2-3-6-16-12(15)8-17-11-7-9(14)4-5-10(11)13/h4-5,7H,2-3,6,8,14H2,1H3. The van der Waals surface area contributed by atoms with Crippen molar-refractivity contribution in [3.8, 4) is 0 Å². The van der Waals surface area contributed by atoms with E-state index in [-0.39, 0.29) is 11.7 Å². The molecule has 0 unspecified atom stereocenters. The Labute approximate surface area is 111 Å².